The third-order valence-corrected chi connectivity index (χ3v) is 3.92. The number of rotatable bonds is 3. The zero-order chi connectivity index (χ0) is 14.1. The van der Waals surface area contributed by atoms with Crippen molar-refractivity contribution in [3.63, 3.8) is 0 Å². The molecular weight excluding hydrogens is 252 g/mol. The summed E-state index contributed by atoms with van der Waals surface area (Å²) in [6.45, 7) is 1.93. The number of hydrogen-bond acceptors (Lipinski definition) is 4. The molecule has 1 fully saturated rings. The average molecular weight is 270 g/mol. The monoisotopic (exact) mass is 270 g/mol. The maximum atomic E-state index is 11.3. The molecule has 0 aliphatic carbocycles. The van der Waals surface area contributed by atoms with Gasteiger partial charge >= 0.3 is 0 Å². The molecule has 104 valence electrons. The molecule has 1 unspecified atom stereocenters. The van der Waals surface area contributed by atoms with Crippen molar-refractivity contribution in [3.05, 3.63) is 35.9 Å². The molecule has 4 N–H and O–H groups in total. The first-order valence-corrected chi connectivity index (χ1v) is 6.82. The second kappa shape index (κ2) is 5.09. The van der Waals surface area contributed by atoms with Gasteiger partial charge in [0, 0.05) is 25.0 Å². The molecule has 3 rings (SSSR count). The molecule has 1 aliphatic heterocycles. The third-order valence-electron chi connectivity index (χ3n) is 3.92. The summed E-state index contributed by atoms with van der Waals surface area (Å²) in [6, 6.07) is 9.99. The first-order valence-electron chi connectivity index (χ1n) is 6.82. The number of anilines is 1. The highest BCUT2D eigenvalue weighted by Crippen LogP contribution is 2.26. The number of carbonyl (C=O) groups is 1. The number of primary amides is 1. The number of fused-ring (bicyclic) bond motifs is 1. The highest BCUT2D eigenvalue weighted by atomic mass is 16.1. The zero-order valence-corrected chi connectivity index (χ0v) is 11.2. The topological polar surface area (TPSA) is 85.2 Å². The highest BCUT2D eigenvalue weighted by Gasteiger charge is 2.27. The summed E-state index contributed by atoms with van der Waals surface area (Å²) in [7, 11) is 0. The zero-order valence-electron chi connectivity index (χ0n) is 11.2. The van der Waals surface area contributed by atoms with E-state index in [-0.39, 0.29) is 11.8 Å². The number of para-hydroxylation sites is 1. The Hall–Kier alpha value is -2.14. The van der Waals surface area contributed by atoms with E-state index in [1.54, 1.807) is 0 Å². The van der Waals surface area contributed by atoms with Crippen LogP contribution in [-0.4, -0.2) is 24.0 Å². The van der Waals surface area contributed by atoms with Crippen LogP contribution in [0.4, 0.5) is 5.82 Å². The van der Waals surface area contributed by atoms with Gasteiger partial charge in [-0.05, 0) is 24.1 Å². The van der Waals surface area contributed by atoms with Crippen LogP contribution in [0.15, 0.2) is 30.3 Å². The van der Waals surface area contributed by atoms with Crippen molar-refractivity contribution in [1.82, 2.24) is 4.98 Å². The van der Waals surface area contributed by atoms with Crippen molar-refractivity contribution in [2.45, 2.75) is 13.0 Å². The smallest absolute Gasteiger partial charge is 0.222 e. The maximum absolute atomic E-state index is 11.3. The van der Waals surface area contributed by atoms with E-state index in [9.17, 15) is 4.79 Å². The van der Waals surface area contributed by atoms with Crippen molar-refractivity contribution in [3.8, 4) is 0 Å². The third kappa shape index (κ3) is 2.20. The summed E-state index contributed by atoms with van der Waals surface area (Å²) in [4.78, 5) is 18.1. The molecule has 5 heteroatoms. The Kier molecular flexibility index (Phi) is 3.28. The van der Waals surface area contributed by atoms with E-state index >= 15 is 0 Å². The summed E-state index contributed by atoms with van der Waals surface area (Å²) in [5.41, 5.74) is 13.2. The first kappa shape index (κ1) is 12.9. The van der Waals surface area contributed by atoms with Crippen LogP contribution in [0.5, 0.6) is 0 Å². The van der Waals surface area contributed by atoms with Gasteiger partial charge in [-0.15, -0.1) is 0 Å². The largest absolute Gasteiger partial charge is 0.369 e. The van der Waals surface area contributed by atoms with E-state index in [0.29, 0.717) is 13.1 Å². The van der Waals surface area contributed by atoms with Gasteiger partial charge < -0.3 is 16.4 Å². The van der Waals surface area contributed by atoms with Crippen LogP contribution in [-0.2, 0) is 11.3 Å². The van der Waals surface area contributed by atoms with Crippen LogP contribution >= 0.6 is 0 Å². The number of aromatic nitrogens is 1. The number of nitrogens with zero attached hydrogens (tertiary/aromatic N) is 2. The van der Waals surface area contributed by atoms with Crippen LogP contribution in [0.3, 0.4) is 0 Å². The molecule has 20 heavy (non-hydrogen) atoms. The molecule has 0 bridgehead atoms. The quantitative estimate of drug-likeness (QED) is 0.871. The first-order chi connectivity index (χ1) is 9.69. The molecule has 0 radical (unpaired) electrons. The summed E-state index contributed by atoms with van der Waals surface area (Å²) in [5, 5.41) is 1.09. The molecule has 1 atom stereocenters. The van der Waals surface area contributed by atoms with Gasteiger partial charge in [-0.1, -0.05) is 18.2 Å². The van der Waals surface area contributed by atoms with E-state index in [1.807, 2.05) is 30.3 Å². The van der Waals surface area contributed by atoms with Gasteiger partial charge in [0.2, 0.25) is 5.91 Å². The fourth-order valence-electron chi connectivity index (χ4n) is 2.76. The van der Waals surface area contributed by atoms with Crippen LogP contribution in [0, 0.1) is 5.92 Å². The molecular formula is C15H18N4O. The predicted octanol–water partition coefficient (Wildman–Crippen LogP) is 1.01. The van der Waals surface area contributed by atoms with Gasteiger partial charge in [-0.2, -0.15) is 0 Å². The molecule has 2 aromatic rings. The van der Waals surface area contributed by atoms with E-state index in [4.69, 9.17) is 11.5 Å². The van der Waals surface area contributed by atoms with Crippen LogP contribution in [0.25, 0.3) is 10.9 Å². The summed E-state index contributed by atoms with van der Waals surface area (Å²) >= 11 is 0. The lowest BCUT2D eigenvalue weighted by atomic mass is 10.1. The van der Waals surface area contributed by atoms with Crippen molar-refractivity contribution in [1.29, 1.82) is 0 Å². The molecule has 1 amide bonds. The fraction of sp³-hybridized carbons (Fsp3) is 0.333. The molecule has 1 aromatic carbocycles. The number of carbonyl (C=O) groups excluding carboxylic acids is 1. The Bertz CT molecular complexity index is 655. The lowest BCUT2D eigenvalue weighted by Gasteiger charge is -2.19. The standard InChI is InChI=1S/C15H18N4O/c16-8-11-7-14(18-13-4-2-1-3-12(11)13)19-6-5-10(9-19)15(17)20/h1-4,7,10H,5-6,8-9,16H2,(H2,17,20). The van der Waals surface area contributed by atoms with Crippen molar-refractivity contribution in [2.75, 3.05) is 18.0 Å². The van der Waals surface area contributed by atoms with Crippen LogP contribution in [0.2, 0.25) is 0 Å². The molecule has 5 nitrogen and oxygen atoms in total. The normalized spacial score (nSPS) is 18.6. The predicted molar refractivity (Wildman–Crippen MR) is 79.1 cm³/mol. The van der Waals surface area contributed by atoms with E-state index in [0.717, 1.165) is 35.2 Å². The molecule has 2 heterocycles. The SMILES string of the molecule is NCc1cc(N2CCC(C(N)=O)C2)nc2ccccc12. The maximum Gasteiger partial charge on any atom is 0.222 e. The Balaban J connectivity index is 1.98. The van der Waals surface area contributed by atoms with Gasteiger partial charge in [0.15, 0.2) is 0 Å². The summed E-state index contributed by atoms with van der Waals surface area (Å²) in [5.74, 6) is 0.574. The minimum Gasteiger partial charge on any atom is -0.369 e. The number of pyridine rings is 1. The Morgan fingerprint density at radius 1 is 1.40 bits per heavy atom. The molecule has 0 saturated carbocycles. The second-order valence-electron chi connectivity index (χ2n) is 5.19. The highest BCUT2D eigenvalue weighted by molar-refractivity contribution is 5.84. The van der Waals surface area contributed by atoms with E-state index < -0.39 is 0 Å². The lowest BCUT2D eigenvalue weighted by Crippen LogP contribution is -2.27. The molecule has 0 spiro atoms. The number of benzene rings is 1. The van der Waals surface area contributed by atoms with Gasteiger partial charge in [0.25, 0.3) is 0 Å². The van der Waals surface area contributed by atoms with Gasteiger partial charge in [0.05, 0.1) is 11.4 Å². The minimum atomic E-state index is -0.229. The Labute approximate surface area is 117 Å². The Morgan fingerprint density at radius 3 is 2.90 bits per heavy atom. The second-order valence-corrected chi connectivity index (χ2v) is 5.19. The summed E-state index contributed by atoms with van der Waals surface area (Å²) in [6.07, 6.45) is 0.793. The molecule has 1 aliphatic rings. The molecule has 1 saturated heterocycles. The van der Waals surface area contributed by atoms with Crippen LogP contribution in [0.1, 0.15) is 12.0 Å². The Morgan fingerprint density at radius 2 is 2.20 bits per heavy atom. The summed E-state index contributed by atoms with van der Waals surface area (Å²) < 4.78 is 0. The van der Waals surface area contributed by atoms with Crippen molar-refractivity contribution in [2.24, 2.45) is 17.4 Å². The van der Waals surface area contributed by atoms with Gasteiger partial charge in [-0.3, -0.25) is 4.79 Å². The average Bonchev–Trinajstić information content (AvgIpc) is 2.96. The van der Waals surface area contributed by atoms with Gasteiger partial charge in [-0.25, -0.2) is 4.98 Å². The minimum absolute atomic E-state index is 0.0791. The van der Waals surface area contributed by atoms with Gasteiger partial charge in [0.1, 0.15) is 5.82 Å². The van der Waals surface area contributed by atoms with Crippen molar-refractivity contribution < 1.29 is 4.79 Å². The van der Waals surface area contributed by atoms with E-state index in [2.05, 4.69) is 9.88 Å². The number of nitrogens with two attached hydrogens (primary N) is 2. The molecule has 1 aromatic heterocycles. The fourth-order valence-corrected chi connectivity index (χ4v) is 2.76. The number of hydrogen-bond donors (Lipinski definition) is 2. The van der Waals surface area contributed by atoms with E-state index in [1.165, 1.54) is 0 Å². The van der Waals surface area contributed by atoms with Crippen LogP contribution < -0.4 is 16.4 Å². The lowest BCUT2D eigenvalue weighted by molar-refractivity contribution is -0.121. The number of amides is 1. The van der Waals surface area contributed by atoms with Crippen molar-refractivity contribution >= 4 is 22.6 Å².